The molecule has 168 valence electrons. The highest BCUT2D eigenvalue weighted by atomic mass is 16.5. The van der Waals surface area contributed by atoms with Gasteiger partial charge in [-0.25, -0.2) is 0 Å². The molecule has 1 aliphatic heterocycles. The first-order valence-corrected chi connectivity index (χ1v) is 10.6. The first kappa shape index (κ1) is 21.6. The molecule has 0 aliphatic carbocycles. The van der Waals surface area contributed by atoms with Crippen LogP contribution in [0.2, 0.25) is 0 Å². The Balaban J connectivity index is 1.47. The molecule has 9 heteroatoms. The van der Waals surface area contributed by atoms with Gasteiger partial charge in [-0.3, -0.25) is 9.48 Å². The number of piperidine rings is 1. The second kappa shape index (κ2) is 9.25. The SMILES string of the molecule is COc1ccccc1-c1cc(C(=O)N2CCCC(Oc3ccc(N(C)C)nn3)C2)n(C)n1. The van der Waals surface area contributed by atoms with E-state index in [0.29, 0.717) is 30.4 Å². The van der Waals surface area contributed by atoms with Crippen molar-refractivity contribution < 1.29 is 14.3 Å². The van der Waals surface area contributed by atoms with Crippen LogP contribution in [-0.4, -0.2) is 71.2 Å². The number of carbonyl (C=O) groups is 1. The lowest BCUT2D eigenvalue weighted by molar-refractivity contribution is 0.0516. The number of hydrogen-bond donors (Lipinski definition) is 0. The summed E-state index contributed by atoms with van der Waals surface area (Å²) < 4.78 is 13.1. The van der Waals surface area contributed by atoms with Gasteiger partial charge >= 0.3 is 0 Å². The van der Waals surface area contributed by atoms with Crippen LogP contribution < -0.4 is 14.4 Å². The summed E-state index contributed by atoms with van der Waals surface area (Å²) in [7, 11) is 7.23. The average Bonchev–Trinajstić information content (AvgIpc) is 3.20. The monoisotopic (exact) mass is 436 g/mol. The molecule has 1 aliphatic rings. The van der Waals surface area contributed by atoms with Gasteiger partial charge in [0.05, 0.1) is 19.3 Å². The third-order valence-electron chi connectivity index (χ3n) is 5.52. The zero-order valence-corrected chi connectivity index (χ0v) is 18.9. The van der Waals surface area contributed by atoms with Crippen molar-refractivity contribution in [2.75, 3.05) is 39.2 Å². The Morgan fingerprint density at radius 3 is 2.69 bits per heavy atom. The number of amides is 1. The van der Waals surface area contributed by atoms with Crippen LogP contribution in [0.3, 0.4) is 0 Å². The fourth-order valence-electron chi connectivity index (χ4n) is 3.82. The molecule has 1 atom stereocenters. The smallest absolute Gasteiger partial charge is 0.272 e. The van der Waals surface area contributed by atoms with Crippen LogP contribution in [-0.2, 0) is 7.05 Å². The third-order valence-corrected chi connectivity index (χ3v) is 5.52. The molecule has 0 bridgehead atoms. The topological polar surface area (TPSA) is 85.6 Å². The van der Waals surface area contributed by atoms with Gasteiger partial charge in [-0.05, 0) is 37.1 Å². The summed E-state index contributed by atoms with van der Waals surface area (Å²) in [4.78, 5) is 17.0. The van der Waals surface area contributed by atoms with E-state index in [0.717, 1.165) is 30.0 Å². The van der Waals surface area contributed by atoms with Crippen molar-refractivity contribution in [2.24, 2.45) is 7.05 Å². The minimum absolute atomic E-state index is 0.0662. The molecular formula is C23H28N6O3. The number of hydrogen-bond acceptors (Lipinski definition) is 7. The Hall–Kier alpha value is -3.62. The number of aryl methyl sites for hydroxylation is 1. The summed E-state index contributed by atoms with van der Waals surface area (Å²) in [5.41, 5.74) is 2.08. The van der Waals surface area contributed by atoms with Gasteiger partial charge in [-0.2, -0.15) is 5.10 Å². The maximum absolute atomic E-state index is 13.3. The summed E-state index contributed by atoms with van der Waals surface area (Å²) in [6.45, 7) is 1.17. The molecule has 1 aromatic carbocycles. The first-order chi connectivity index (χ1) is 15.5. The Morgan fingerprint density at radius 1 is 1.16 bits per heavy atom. The number of para-hydroxylation sites is 1. The van der Waals surface area contributed by atoms with Crippen molar-refractivity contribution in [1.29, 1.82) is 0 Å². The number of carbonyl (C=O) groups excluding carboxylic acids is 1. The molecule has 1 saturated heterocycles. The molecule has 2 aromatic heterocycles. The lowest BCUT2D eigenvalue weighted by Crippen LogP contribution is -2.45. The number of aromatic nitrogens is 4. The summed E-state index contributed by atoms with van der Waals surface area (Å²) in [5, 5.41) is 12.8. The van der Waals surface area contributed by atoms with Gasteiger partial charge in [0.25, 0.3) is 5.91 Å². The summed E-state index contributed by atoms with van der Waals surface area (Å²) >= 11 is 0. The third kappa shape index (κ3) is 4.51. The number of nitrogens with zero attached hydrogens (tertiary/aromatic N) is 6. The maximum atomic E-state index is 13.3. The van der Waals surface area contributed by atoms with Gasteiger partial charge in [0.1, 0.15) is 17.5 Å². The van der Waals surface area contributed by atoms with E-state index < -0.39 is 0 Å². The highest BCUT2D eigenvalue weighted by Gasteiger charge is 2.28. The molecule has 0 N–H and O–H groups in total. The number of methoxy groups -OCH3 is 1. The number of benzene rings is 1. The zero-order valence-electron chi connectivity index (χ0n) is 18.9. The van der Waals surface area contributed by atoms with Crippen molar-refractivity contribution >= 4 is 11.7 Å². The normalized spacial score (nSPS) is 16.0. The highest BCUT2D eigenvalue weighted by Crippen LogP contribution is 2.29. The Kier molecular flexibility index (Phi) is 6.25. The summed E-state index contributed by atoms with van der Waals surface area (Å²) in [5.74, 6) is 1.88. The molecule has 0 radical (unpaired) electrons. The van der Waals surface area contributed by atoms with Gasteiger partial charge in [-0.1, -0.05) is 12.1 Å². The standard InChI is InChI=1S/C23H28N6O3/c1-27(2)21-11-12-22(25-24-21)32-16-8-7-13-29(15-16)23(30)19-14-18(26-28(19)3)17-9-5-6-10-20(17)31-4/h5-6,9-12,14,16H,7-8,13,15H2,1-4H3. The fourth-order valence-corrected chi connectivity index (χ4v) is 3.82. The molecule has 0 spiro atoms. The van der Waals surface area contributed by atoms with Gasteiger partial charge in [0.15, 0.2) is 5.82 Å². The van der Waals surface area contributed by atoms with E-state index in [1.165, 1.54) is 0 Å². The molecule has 1 unspecified atom stereocenters. The minimum atomic E-state index is -0.130. The van der Waals surface area contributed by atoms with Crippen LogP contribution in [0, 0.1) is 0 Å². The van der Waals surface area contributed by atoms with Gasteiger partial charge < -0.3 is 19.3 Å². The van der Waals surface area contributed by atoms with Crippen molar-refractivity contribution in [1.82, 2.24) is 24.9 Å². The quantitative estimate of drug-likeness (QED) is 0.587. The number of anilines is 1. The molecule has 0 saturated carbocycles. The van der Waals surface area contributed by atoms with Crippen LogP contribution in [0.1, 0.15) is 23.3 Å². The van der Waals surface area contributed by atoms with Crippen molar-refractivity contribution in [3.8, 4) is 22.9 Å². The molecule has 1 fully saturated rings. The van der Waals surface area contributed by atoms with Gasteiger partial charge in [-0.15, -0.1) is 10.2 Å². The lowest BCUT2D eigenvalue weighted by Gasteiger charge is -2.32. The van der Waals surface area contributed by atoms with Gasteiger partial charge in [0.2, 0.25) is 5.88 Å². The molecule has 4 rings (SSSR count). The summed E-state index contributed by atoms with van der Waals surface area (Å²) in [6, 6.07) is 13.1. The highest BCUT2D eigenvalue weighted by molar-refractivity contribution is 5.94. The van der Waals surface area contributed by atoms with Crippen LogP contribution in [0.4, 0.5) is 5.82 Å². The molecule has 3 aromatic rings. The second-order valence-corrected chi connectivity index (χ2v) is 8.00. The van der Waals surface area contributed by atoms with E-state index >= 15 is 0 Å². The minimum Gasteiger partial charge on any atom is -0.496 e. The van der Waals surface area contributed by atoms with Crippen molar-refractivity contribution in [3.63, 3.8) is 0 Å². The van der Waals surface area contributed by atoms with Crippen LogP contribution in [0.5, 0.6) is 11.6 Å². The molecular weight excluding hydrogens is 408 g/mol. The molecule has 3 heterocycles. The second-order valence-electron chi connectivity index (χ2n) is 8.00. The predicted molar refractivity (Wildman–Crippen MR) is 121 cm³/mol. The average molecular weight is 437 g/mol. The van der Waals surface area contributed by atoms with E-state index in [2.05, 4.69) is 15.3 Å². The van der Waals surface area contributed by atoms with E-state index in [1.807, 2.05) is 66.4 Å². The van der Waals surface area contributed by atoms with E-state index in [9.17, 15) is 4.79 Å². The van der Waals surface area contributed by atoms with Crippen LogP contribution in [0.25, 0.3) is 11.3 Å². The zero-order chi connectivity index (χ0) is 22.7. The lowest BCUT2D eigenvalue weighted by atomic mass is 10.1. The number of ether oxygens (including phenoxy) is 2. The number of likely N-dealkylation sites (tertiary alicyclic amines) is 1. The predicted octanol–water partition coefficient (Wildman–Crippen LogP) is 2.64. The van der Waals surface area contributed by atoms with Crippen molar-refractivity contribution in [2.45, 2.75) is 18.9 Å². The maximum Gasteiger partial charge on any atom is 0.272 e. The largest absolute Gasteiger partial charge is 0.496 e. The van der Waals surface area contributed by atoms with E-state index in [-0.39, 0.29) is 12.0 Å². The Morgan fingerprint density at radius 2 is 1.97 bits per heavy atom. The molecule has 32 heavy (non-hydrogen) atoms. The molecule has 9 nitrogen and oxygen atoms in total. The first-order valence-electron chi connectivity index (χ1n) is 10.6. The van der Waals surface area contributed by atoms with Crippen molar-refractivity contribution in [3.05, 3.63) is 48.2 Å². The Bertz CT molecular complexity index is 1080. The molecule has 1 amide bonds. The van der Waals surface area contributed by atoms with Gasteiger partial charge in [0, 0.05) is 39.3 Å². The number of rotatable bonds is 6. The van der Waals surface area contributed by atoms with Crippen LogP contribution >= 0.6 is 0 Å². The summed E-state index contributed by atoms with van der Waals surface area (Å²) in [6.07, 6.45) is 1.59. The van der Waals surface area contributed by atoms with E-state index in [4.69, 9.17) is 9.47 Å². The van der Waals surface area contributed by atoms with Crippen LogP contribution in [0.15, 0.2) is 42.5 Å². The van der Waals surface area contributed by atoms with E-state index in [1.54, 1.807) is 18.8 Å². The Labute approximate surface area is 187 Å². The fraction of sp³-hybridized carbons (Fsp3) is 0.391.